The molecule has 0 atom stereocenters. The molecule has 11 heteroatoms. The van der Waals surface area contributed by atoms with Gasteiger partial charge in [-0.05, 0) is 42.0 Å². The number of anilines is 1. The van der Waals surface area contributed by atoms with Gasteiger partial charge in [-0.1, -0.05) is 12.1 Å². The highest BCUT2D eigenvalue weighted by Gasteiger charge is 2.32. The average Bonchev–Trinajstić information content (AvgIpc) is 2.68. The molecule has 1 amide bonds. The molecule has 162 valence electrons. The van der Waals surface area contributed by atoms with E-state index in [4.69, 9.17) is 10.5 Å². The third-order valence-electron chi connectivity index (χ3n) is 3.88. The van der Waals surface area contributed by atoms with Crippen molar-refractivity contribution >= 4 is 11.7 Å². The van der Waals surface area contributed by atoms with Gasteiger partial charge in [-0.15, -0.1) is 13.2 Å². The molecule has 0 spiro atoms. The van der Waals surface area contributed by atoms with E-state index in [1.165, 1.54) is 18.2 Å². The van der Waals surface area contributed by atoms with E-state index < -0.39 is 29.8 Å². The fourth-order valence-electron chi connectivity index (χ4n) is 2.48. The number of rotatable bonds is 6. The van der Waals surface area contributed by atoms with Gasteiger partial charge >= 0.3 is 6.36 Å². The lowest BCUT2D eigenvalue weighted by molar-refractivity contribution is -0.275. The Morgan fingerprint density at radius 1 is 1.00 bits per heavy atom. The van der Waals surface area contributed by atoms with Crippen LogP contribution in [-0.2, 0) is 6.54 Å². The number of pyridine rings is 1. The summed E-state index contributed by atoms with van der Waals surface area (Å²) >= 11 is 0. The zero-order valence-electron chi connectivity index (χ0n) is 15.5. The summed E-state index contributed by atoms with van der Waals surface area (Å²) in [5, 5.41) is 2.60. The summed E-state index contributed by atoms with van der Waals surface area (Å²) in [4.78, 5) is 15.5. The van der Waals surface area contributed by atoms with Gasteiger partial charge in [0.05, 0.1) is 5.56 Å². The summed E-state index contributed by atoms with van der Waals surface area (Å²) in [5.74, 6) is -3.53. The maximum Gasteiger partial charge on any atom is 0.573 e. The molecule has 6 nitrogen and oxygen atoms in total. The van der Waals surface area contributed by atoms with Crippen LogP contribution in [0.2, 0.25) is 0 Å². The van der Waals surface area contributed by atoms with Crippen molar-refractivity contribution < 1.29 is 36.2 Å². The van der Waals surface area contributed by atoms with Crippen molar-refractivity contribution in [2.45, 2.75) is 12.9 Å². The first-order valence-electron chi connectivity index (χ1n) is 8.63. The number of alkyl halides is 3. The highest BCUT2D eigenvalue weighted by atomic mass is 19.4. The van der Waals surface area contributed by atoms with Crippen molar-refractivity contribution in [3.63, 3.8) is 0 Å². The van der Waals surface area contributed by atoms with Gasteiger partial charge in [0, 0.05) is 12.6 Å². The van der Waals surface area contributed by atoms with Gasteiger partial charge in [-0.2, -0.15) is 4.39 Å². The van der Waals surface area contributed by atoms with E-state index in [-0.39, 0.29) is 29.4 Å². The Labute approximate surface area is 172 Å². The number of hydrogen-bond donors (Lipinski definition) is 2. The van der Waals surface area contributed by atoms with E-state index in [9.17, 15) is 26.7 Å². The molecule has 1 heterocycles. The summed E-state index contributed by atoms with van der Waals surface area (Å²) in [5.41, 5.74) is 6.22. The molecule has 0 unspecified atom stereocenters. The number of carbonyl (C=O) groups excluding carboxylic acids is 1. The monoisotopic (exact) mass is 439 g/mol. The number of nitrogens with one attached hydrogen (secondary N) is 1. The minimum absolute atomic E-state index is 0.0290. The molecule has 0 aliphatic rings. The van der Waals surface area contributed by atoms with E-state index >= 15 is 0 Å². The van der Waals surface area contributed by atoms with E-state index in [1.807, 2.05) is 0 Å². The van der Waals surface area contributed by atoms with Gasteiger partial charge in [-0.25, -0.2) is 9.37 Å². The summed E-state index contributed by atoms with van der Waals surface area (Å²) < 4.78 is 72.2. The molecule has 0 fully saturated rings. The molecule has 0 aliphatic carbocycles. The number of ether oxygens (including phenoxy) is 2. The minimum atomic E-state index is -5.01. The molecule has 0 aliphatic heterocycles. The largest absolute Gasteiger partial charge is 0.573 e. The van der Waals surface area contributed by atoms with E-state index in [2.05, 4.69) is 15.0 Å². The second kappa shape index (κ2) is 8.86. The van der Waals surface area contributed by atoms with E-state index in [0.29, 0.717) is 5.56 Å². The van der Waals surface area contributed by atoms with Crippen LogP contribution in [0.4, 0.5) is 27.8 Å². The van der Waals surface area contributed by atoms with Crippen LogP contribution < -0.4 is 20.5 Å². The van der Waals surface area contributed by atoms with Gasteiger partial charge < -0.3 is 20.5 Å². The van der Waals surface area contributed by atoms with Crippen molar-refractivity contribution in [2.75, 3.05) is 5.73 Å². The lowest BCUT2D eigenvalue weighted by Gasteiger charge is -2.11. The highest BCUT2D eigenvalue weighted by molar-refractivity contribution is 5.98. The van der Waals surface area contributed by atoms with Crippen molar-refractivity contribution in [2.24, 2.45) is 0 Å². The third-order valence-corrected chi connectivity index (χ3v) is 3.88. The topological polar surface area (TPSA) is 86.5 Å². The molecule has 0 saturated carbocycles. The first-order chi connectivity index (χ1) is 14.6. The lowest BCUT2D eigenvalue weighted by atomic mass is 10.2. The highest BCUT2D eigenvalue weighted by Crippen LogP contribution is 2.30. The van der Waals surface area contributed by atoms with Gasteiger partial charge in [0.25, 0.3) is 5.91 Å². The van der Waals surface area contributed by atoms with E-state index in [1.54, 1.807) is 12.1 Å². The fourth-order valence-corrected chi connectivity index (χ4v) is 2.48. The van der Waals surface area contributed by atoms with E-state index in [0.717, 1.165) is 24.3 Å². The Morgan fingerprint density at radius 2 is 1.68 bits per heavy atom. The molecule has 0 bridgehead atoms. The SMILES string of the molecule is Nc1nc(F)ccc1C(=O)NCc1ccc(Oc2ccc(OC(F)(F)F)c(F)c2)cc1. The van der Waals surface area contributed by atoms with Crippen molar-refractivity contribution in [3.8, 4) is 17.2 Å². The fraction of sp³-hybridized carbons (Fsp3) is 0.100. The first-order valence-corrected chi connectivity index (χ1v) is 8.63. The number of nitrogen functional groups attached to an aromatic ring is 1. The second-order valence-corrected chi connectivity index (χ2v) is 6.14. The number of benzene rings is 2. The zero-order valence-corrected chi connectivity index (χ0v) is 15.5. The van der Waals surface area contributed by atoms with Crippen LogP contribution in [0.5, 0.6) is 17.2 Å². The molecule has 3 rings (SSSR count). The van der Waals surface area contributed by atoms with Crippen LogP contribution in [0.15, 0.2) is 54.6 Å². The molecule has 31 heavy (non-hydrogen) atoms. The molecular weight excluding hydrogens is 425 g/mol. The number of aromatic nitrogens is 1. The van der Waals surface area contributed by atoms with Crippen molar-refractivity contribution in [1.29, 1.82) is 0 Å². The summed E-state index contributed by atoms with van der Waals surface area (Å²) in [6.07, 6.45) is -5.01. The predicted octanol–water partition coefficient (Wildman–Crippen LogP) is 4.56. The summed E-state index contributed by atoms with van der Waals surface area (Å²) in [6, 6.07) is 11.2. The third kappa shape index (κ3) is 6.04. The zero-order chi connectivity index (χ0) is 22.6. The number of nitrogens with two attached hydrogens (primary N) is 1. The number of nitrogens with zero attached hydrogens (tertiary/aromatic N) is 1. The van der Waals surface area contributed by atoms with Gasteiger partial charge in [0.15, 0.2) is 11.6 Å². The number of carbonyl (C=O) groups is 1. The minimum Gasteiger partial charge on any atom is -0.457 e. The van der Waals surface area contributed by atoms with Crippen molar-refractivity contribution in [3.05, 3.63) is 77.5 Å². The van der Waals surface area contributed by atoms with Crippen molar-refractivity contribution in [1.82, 2.24) is 10.3 Å². The Bertz CT molecular complexity index is 1090. The van der Waals surface area contributed by atoms with Crippen LogP contribution in [0, 0.1) is 11.8 Å². The van der Waals surface area contributed by atoms with Crippen LogP contribution >= 0.6 is 0 Å². The van der Waals surface area contributed by atoms with Crippen LogP contribution in [0.1, 0.15) is 15.9 Å². The van der Waals surface area contributed by atoms with Crippen LogP contribution in [0.25, 0.3) is 0 Å². The molecule has 0 radical (unpaired) electrons. The average molecular weight is 439 g/mol. The Morgan fingerprint density at radius 3 is 2.29 bits per heavy atom. The number of hydrogen-bond acceptors (Lipinski definition) is 5. The second-order valence-electron chi connectivity index (χ2n) is 6.14. The Hall–Kier alpha value is -3.89. The molecular formula is C20H14F5N3O3. The van der Waals surface area contributed by atoms with Gasteiger partial charge in [-0.3, -0.25) is 4.79 Å². The Balaban J connectivity index is 1.59. The number of halogens is 5. The molecule has 3 N–H and O–H groups in total. The first kappa shape index (κ1) is 21.8. The smallest absolute Gasteiger partial charge is 0.457 e. The van der Waals surface area contributed by atoms with Gasteiger partial charge in [0.1, 0.15) is 17.3 Å². The maximum atomic E-state index is 13.7. The summed E-state index contributed by atoms with van der Waals surface area (Å²) in [6.45, 7) is 0.119. The van der Waals surface area contributed by atoms with Crippen LogP contribution in [0.3, 0.4) is 0 Å². The molecule has 1 aromatic heterocycles. The van der Waals surface area contributed by atoms with Gasteiger partial charge in [0.2, 0.25) is 5.95 Å². The predicted molar refractivity (Wildman–Crippen MR) is 99.4 cm³/mol. The quantitative estimate of drug-likeness (QED) is 0.434. The summed E-state index contributed by atoms with van der Waals surface area (Å²) in [7, 11) is 0. The molecule has 2 aromatic carbocycles. The lowest BCUT2D eigenvalue weighted by Crippen LogP contribution is -2.24. The maximum absolute atomic E-state index is 13.7. The number of amides is 1. The molecule has 3 aromatic rings. The standard InChI is InChI=1S/C20H14F5N3O3/c21-15-9-13(5-7-16(15)31-20(23,24)25)30-12-3-1-11(2-4-12)10-27-19(29)14-6-8-17(22)28-18(14)26/h1-9H,10H2,(H2,26,28)(H,27,29). The Kier molecular flexibility index (Phi) is 6.23. The normalized spacial score (nSPS) is 11.1. The van der Waals surface area contributed by atoms with Crippen LogP contribution in [-0.4, -0.2) is 17.3 Å². The molecule has 0 saturated heterocycles.